The van der Waals surface area contributed by atoms with Crippen LogP contribution in [0.2, 0.25) is 0 Å². The molecule has 1 aromatic heterocycles. The van der Waals surface area contributed by atoms with Gasteiger partial charge in [0.2, 0.25) is 5.91 Å². The van der Waals surface area contributed by atoms with Crippen LogP contribution in [0.1, 0.15) is 28.8 Å². The van der Waals surface area contributed by atoms with Crippen molar-refractivity contribution >= 4 is 29.3 Å². The van der Waals surface area contributed by atoms with E-state index in [2.05, 4.69) is 27.6 Å². The summed E-state index contributed by atoms with van der Waals surface area (Å²) in [5.41, 5.74) is 2.46. The molecule has 0 bridgehead atoms. The first-order valence-corrected chi connectivity index (χ1v) is 11.3. The summed E-state index contributed by atoms with van der Waals surface area (Å²) >= 11 is 1.32. The van der Waals surface area contributed by atoms with Crippen molar-refractivity contribution in [1.29, 1.82) is 0 Å². The van der Waals surface area contributed by atoms with Gasteiger partial charge in [-0.3, -0.25) is 9.59 Å². The highest BCUT2D eigenvalue weighted by Crippen LogP contribution is 2.24. The topological polar surface area (TPSA) is 80.1 Å². The quantitative estimate of drug-likeness (QED) is 0.576. The van der Waals surface area contributed by atoms with Crippen molar-refractivity contribution in [2.24, 2.45) is 7.05 Å². The van der Waals surface area contributed by atoms with Gasteiger partial charge in [0, 0.05) is 30.9 Å². The van der Waals surface area contributed by atoms with Crippen LogP contribution >= 0.6 is 11.8 Å². The van der Waals surface area contributed by atoms with Crippen molar-refractivity contribution in [3.63, 3.8) is 0 Å². The number of nitrogens with zero attached hydrogens (tertiary/aromatic N) is 4. The highest BCUT2D eigenvalue weighted by atomic mass is 32.2. The Labute approximate surface area is 185 Å². The lowest BCUT2D eigenvalue weighted by Crippen LogP contribution is -2.36. The van der Waals surface area contributed by atoms with Gasteiger partial charge in [-0.2, -0.15) is 0 Å². The second-order valence-electron chi connectivity index (χ2n) is 7.63. The van der Waals surface area contributed by atoms with E-state index >= 15 is 0 Å². The van der Waals surface area contributed by atoms with Crippen LogP contribution in [0, 0.1) is 0 Å². The molecule has 0 aliphatic carbocycles. The molecular formula is C23H25N5O2S. The normalized spacial score (nSPS) is 15.8. The molecule has 4 rings (SSSR count). The maximum absolute atomic E-state index is 13.2. The number of benzene rings is 2. The van der Waals surface area contributed by atoms with Crippen LogP contribution in [0.4, 0.5) is 5.69 Å². The highest BCUT2D eigenvalue weighted by molar-refractivity contribution is 7.99. The van der Waals surface area contributed by atoms with Crippen LogP contribution in [0.3, 0.4) is 0 Å². The predicted octanol–water partition coefficient (Wildman–Crippen LogP) is 3.39. The van der Waals surface area contributed by atoms with Gasteiger partial charge >= 0.3 is 0 Å². The van der Waals surface area contributed by atoms with Crippen molar-refractivity contribution in [2.75, 3.05) is 17.6 Å². The predicted molar refractivity (Wildman–Crippen MR) is 121 cm³/mol. The summed E-state index contributed by atoms with van der Waals surface area (Å²) in [6.07, 6.45) is 4.48. The fraction of sp³-hybridized carbons (Fsp3) is 0.304. The third kappa shape index (κ3) is 5.32. The van der Waals surface area contributed by atoms with Crippen molar-refractivity contribution in [3.05, 3.63) is 72.1 Å². The Morgan fingerprint density at radius 3 is 2.77 bits per heavy atom. The van der Waals surface area contributed by atoms with Crippen molar-refractivity contribution in [1.82, 2.24) is 19.7 Å². The number of likely N-dealkylation sites (tertiary alicyclic amines) is 1. The summed E-state index contributed by atoms with van der Waals surface area (Å²) in [5.74, 6) is 0.0828. The molecule has 0 radical (unpaired) electrons. The smallest absolute Gasteiger partial charge is 0.254 e. The van der Waals surface area contributed by atoms with E-state index in [0.717, 1.165) is 25.8 Å². The van der Waals surface area contributed by atoms with Gasteiger partial charge in [-0.1, -0.05) is 48.2 Å². The second-order valence-corrected chi connectivity index (χ2v) is 8.57. The van der Waals surface area contributed by atoms with Crippen LogP contribution in [-0.4, -0.2) is 49.8 Å². The number of thioether (sulfide) groups is 1. The molecule has 2 heterocycles. The first-order valence-electron chi connectivity index (χ1n) is 10.3. The van der Waals surface area contributed by atoms with Gasteiger partial charge < -0.3 is 14.8 Å². The molecule has 1 aliphatic heterocycles. The van der Waals surface area contributed by atoms with Gasteiger partial charge in [0.15, 0.2) is 5.16 Å². The number of aromatic nitrogens is 3. The minimum absolute atomic E-state index is 0.0167. The lowest BCUT2D eigenvalue weighted by atomic mass is 10.0. The van der Waals surface area contributed by atoms with Gasteiger partial charge in [0.1, 0.15) is 6.33 Å². The molecule has 2 amide bonds. The zero-order valence-corrected chi connectivity index (χ0v) is 18.2. The average molecular weight is 436 g/mol. The Morgan fingerprint density at radius 1 is 1.16 bits per heavy atom. The number of nitrogens with one attached hydrogen (secondary N) is 1. The van der Waals surface area contributed by atoms with E-state index in [9.17, 15) is 9.59 Å². The van der Waals surface area contributed by atoms with Crippen LogP contribution in [-0.2, 0) is 18.3 Å². The van der Waals surface area contributed by atoms with Crippen molar-refractivity contribution in [2.45, 2.75) is 30.5 Å². The summed E-state index contributed by atoms with van der Waals surface area (Å²) in [6.45, 7) is 0.765. The van der Waals surface area contributed by atoms with Gasteiger partial charge in [-0.25, -0.2) is 0 Å². The molecule has 1 N–H and O–H groups in total. The van der Waals surface area contributed by atoms with Gasteiger partial charge in [-0.05, 0) is 43.0 Å². The monoisotopic (exact) mass is 435 g/mol. The van der Waals surface area contributed by atoms with Crippen molar-refractivity contribution < 1.29 is 9.59 Å². The number of carbonyl (C=O) groups excluding carboxylic acids is 2. The lowest BCUT2D eigenvalue weighted by molar-refractivity contribution is -0.113. The molecule has 1 fully saturated rings. The summed E-state index contributed by atoms with van der Waals surface area (Å²) in [4.78, 5) is 27.5. The average Bonchev–Trinajstić information content (AvgIpc) is 3.41. The molecule has 0 spiro atoms. The number of carbonyl (C=O) groups is 2. The zero-order valence-electron chi connectivity index (χ0n) is 17.4. The molecule has 8 heteroatoms. The van der Waals surface area contributed by atoms with E-state index in [1.165, 1.54) is 17.3 Å². The Hall–Kier alpha value is -3.13. The molecule has 1 atom stereocenters. The SMILES string of the molecule is Cn1cnnc1SCC(=O)Nc1cccc(C(=O)N2CCCC2Cc2ccccc2)c1. The van der Waals surface area contributed by atoms with Crippen LogP contribution in [0.5, 0.6) is 0 Å². The molecular weight excluding hydrogens is 410 g/mol. The molecule has 160 valence electrons. The number of amides is 2. The maximum atomic E-state index is 13.2. The Morgan fingerprint density at radius 2 is 2.00 bits per heavy atom. The van der Waals surface area contributed by atoms with E-state index in [0.29, 0.717) is 16.4 Å². The molecule has 3 aromatic rings. The second kappa shape index (κ2) is 9.78. The van der Waals surface area contributed by atoms with Crippen LogP contribution in [0.25, 0.3) is 0 Å². The van der Waals surface area contributed by atoms with Crippen molar-refractivity contribution in [3.8, 4) is 0 Å². The largest absolute Gasteiger partial charge is 0.335 e. The van der Waals surface area contributed by atoms with Crippen LogP contribution < -0.4 is 5.32 Å². The summed E-state index contributed by atoms with van der Waals surface area (Å²) in [5, 5.41) is 11.3. The van der Waals surface area contributed by atoms with Gasteiger partial charge in [-0.15, -0.1) is 10.2 Å². The van der Waals surface area contributed by atoms with E-state index in [1.54, 1.807) is 29.1 Å². The summed E-state index contributed by atoms with van der Waals surface area (Å²) in [6, 6.07) is 17.7. The number of aryl methyl sites for hydroxylation is 1. The molecule has 7 nitrogen and oxygen atoms in total. The van der Waals surface area contributed by atoms with E-state index in [4.69, 9.17) is 0 Å². The van der Waals surface area contributed by atoms with E-state index in [-0.39, 0.29) is 23.6 Å². The first kappa shape index (κ1) is 21.1. The van der Waals surface area contributed by atoms with E-state index in [1.807, 2.05) is 36.2 Å². The highest BCUT2D eigenvalue weighted by Gasteiger charge is 2.29. The fourth-order valence-corrected chi connectivity index (χ4v) is 4.52. The Bertz CT molecular complexity index is 1050. The summed E-state index contributed by atoms with van der Waals surface area (Å²) in [7, 11) is 1.83. The summed E-state index contributed by atoms with van der Waals surface area (Å²) < 4.78 is 1.76. The number of hydrogen-bond acceptors (Lipinski definition) is 5. The molecule has 0 saturated carbocycles. The molecule has 1 aliphatic rings. The van der Waals surface area contributed by atoms with Gasteiger partial charge in [0.25, 0.3) is 5.91 Å². The van der Waals surface area contributed by atoms with Gasteiger partial charge in [0.05, 0.1) is 5.75 Å². The minimum Gasteiger partial charge on any atom is -0.335 e. The van der Waals surface area contributed by atoms with E-state index < -0.39 is 0 Å². The standard InChI is InChI=1S/C23H25N5O2S/c1-27-16-24-26-23(27)31-15-21(29)25-19-10-5-9-18(14-19)22(30)28-12-6-11-20(28)13-17-7-3-2-4-8-17/h2-5,7-10,14,16,20H,6,11-13,15H2,1H3,(H,25,29). The maximum Gasteiger partial charge on any atom is 0.254 e. The van der Waals surface area contributed by atoms with Crippen LogP contribution in [0.15, 0.2) is 66.1 Å². The third-order valence-corrected chi connectivity index (χ3v) is 6.38. The molecule has 2 aromatic carbocycles. The molecule has 31 heavy (non-hydrogen) atoms. The first-order chi connectivity index (χ1) is 15.1. The Kier molecular flexibility index (Phi) is 6.66. The number of rotatable bonds is 7. The zero-order chi connectivity index (χ0) is 21.6. The Balaban J connectivity index is 1.38. The molecule has 1 unspecified atom stereocenters. The molecule has 1 saturated heterocycles. The lowest BCUT2D eigenvalue weighted by Gasteiger charge is -2.25. The fourth-order valence-electron chi connectivity index (χ4n) is 3.83. The third-order valence-electron chi connectivity index (χ3n) is 5.35. The number of hydrogen-bond donors (Lipinski definition) is 1. The minimum atomic E-state index is -0.152. The number of anilines is 1.